The van der Waals surface area contributed by atoms with Crippen molar-refractivity contribution in [1.29, 1.82) is 0 Å². The lowest BCUT2D eigenvalue weighted by Crippen LogP contribution is -2.54. The second-order valence-corrected chi connectivity index (χ2v) is 7.91. The van der Waals surface area contributed by atoms with Crippen molar-refractivity contribution in [3.8, 4) is 16.3 Å². The first-order valence-corrected chi connectivity index (χ1v) is 10.1. The molecule has 1 saturated heterocycles. The Labute approximate surface area is 169 Å². The molecule has 0 radical (unpaired) electrons. The van der Waals surface area contributed by atoms with Crippen molar-refractivity contribution in [2.45, 2.75) is 19.4 Å². The monoisotopic (exact) mass is 402 g/mol. The molecule has 7 nitrogen and oxygen atoms in total. The molecule has 8 heteroatoms. The first-order chi connectivity index (χ1) is 13.5. The van der Waals surface area contributed by atoms with Gasteiger partial charge in [-0.1, -0.05) is 12.7 Å². The fourth-order valence-electron chi connectivity index (χ4n) is 3.17. The Hall–Kier alpha value is -2.45. The molecular formula is C20H26N4O3S. The second-order valence-electron chi connectivity index (χ2n) is 7.05. The quantitative estimate of drug-likeness (QED) is 0.690. The maximum absolute atomic E-state index is 12.0. The number of nitrogens with zero attached hydrogens (tertiary/aromatic N) is 4. The van der Waals surface area contributed by atoms with Crippen LogP contribution >= 0.6 is 11.3 Å². The van der Waals surface area contributed by atoms with E-state index in [4.69, 9.17) is 14.5 Å². The number of carbonyl (C=O) groups is 1. The van der Waals surface area contributed by atoms with Gasteiger partial charge in [-0.15, -0.1) is 11.3 Å². The van der Waals surface area contributed by atoms with E-state index in [1.807, 2.05) is 6.07 Å². The van der Waals surface area contributed by atoms with E-state index in [9.17, 15) is 4.79 Å². The highest BCUT2D eigenvalue weighted by Crippen LogP contribution is 2.33. The normalized spacial score (nSPS) is 15.3. The number of carbonyl (C=O) groups excluding carboxylic acids is 1. The first-order valence-electron chi connectivity index (χ1n) is 9.18. The molecule has 28 heavy (non-hydrogen) atoms. The minimum absolute atomic E-state index is 0.238. The molecule has 0 atom stereocenters. The summed E-state index contributed by atoms with van der Waals surface area (Å²) in [5.74, 6) is 0.716. The lowest BCUT2D eigenvalue weighted by molar-refractivity contribution is 0.0398. The molecule has 0 bridgehead atoms. The third-order valence-corrected chi connectivity index (χ3v) is 5.87. The van der Waals surface area contributed by atoms with E-state index in [-0.39, 0.29) is 18.2 Å². The molecule has 0 aliphatic carbocycles. The van der Waals surface area contributed by atoms with E-state index < -0.39 is 0 Å². The van der Waals surface area contributed by atoms with Crippen LogP contribution in [0.25, 0.3) is 10.6 Å². The van der Waals surface area contributed by atoms with Gasteiger partial charge in [0.05, 0.1) is 24.5 Å². The molecular weight excluding hydrogens is 376 g/mol. The Kier molecular flexibility index (Phi) is 6.31. The van der Waals surface area contributed by atoms with Gasteiger partial charge in [0.15, 0.2) is 0 Å². The van der Waals surface area contributed by atoms with Crippen LogP contribution in [-0.2, 0) is 10.3 Å². The van der Waals surface area contributed by atoms with Crippen molar-refractivity contribution in [3.05, 3.63) is 42.2 Å². The van der Waals surface area contributed by atoms with Crippen molar-refractivity contribution in [2.75, 3.05) is 39.9 Å². The van der Waals surface area contributed by atoms with Crippen LogP contribution in [0.15, 0.2) is 36.5 Å². The Morgan fingerprint density at radius 2 is 2.07 bits per heavy atom. The van der Waals surface area contributed by atoms with E-state index in [1.54, 1.807) is 41.8 Å². The van der Waals surface area contributed by atoms with E-state index >= 15 is 0 Å². The number of methoxy groups -OCH3 is 1. The standard InChI is InChI=1S/C20H26N4O3S/c1-5-10-27-19(25)23-6-8-24(9-7-23)20(2,3)17-14-28-18(22-17)15-11-16(26-4)13-21-12-15/h5,11-14H,1,6-10H2,2-4H3. The Balaban J connectivity index is 1.68. The van der Waals surface area contributed by atoms with Crippen LogP contribution in [0.2, 0.25) is 0 Å². The smallest absolute Gasteiger partial charge is 0.410 e. The maximum Gasteiger partial charge on any atom is 0.410 e. The van der Waals surface area contributed by atoms with Crippen LogP contribution in [0, 0.1) is 0 Å². The highest BCUT2D eigenvalue weighted by atomic mass is 32.1. The molecule has 3 heterocycles. The second kappa shape index (κ2) is 8.70. The number of piperazine rings is 1. The van der Waals surface area contributed by atoms with Gasteiger partial charge in [-0.05, 0) is 19.9 Å². The van der Waals surface area contributed by atoms with Crippen LogP contribution in [0.1, 0.15) is 19.5 Å². The third-order valence-electron chi connectivity index (χ3n) is 4.98. The number of aromatic nitrogens is 2. The SMILES string of the molecule is C=CCOC(=O)N1CCN(C(C)(C)c2csc(-c3cncc(OC)c3)n2)CC1. The lowest BCUT2D eigenvalue weighted by Gasteiger charge is -2.42. The predicted molar refractivity (Wildman–Crippen MR) is 110 cm³/mol. The largest absolute Gasteiger partial charge is 0.495 e. The molecule has 1 aliphatic heterocycles. The van der Waals surface area contributed by atoms with Crippen molar-refractivity contribution in [3.63, 3.8) is 0 Å². The summed E-state index contributed by atoms with van der Waals surface area (Å²) in [6.45, 7) is 11.0. The zero-order valence-corrected chi connectivity index (χ0v) is 17.4. The van der Waals surface area contributed by atoms with E-state index in [1.165, 1.54) is 0 Å². The molecule has 2 aromatic rings. The highest BCUT2D eigenvalue weighted by molar-refractivity contribution is 7.13. The average molecular weight is 403 g/mol. The number of pyridine rings is 1. The van der Waals surface area contributed by atoms with Gasteiger partial charge in [0.1, 0.15) is 17.4 Å². The number of ether oxygens (including phenoxy) is 2. The first kappa shape index (κ1) is 20.3. The van der Waals surface area contributed by atoms with Gasteiger partial charge < -0.3 is 14.4 Å². The van der Waals surface area contributed by atoms with Gasteiger partial charge in [-0.25, -0.2) is 9.78 Å². The number of thiazole rings is 1. The number of amides is 1. The highest BCUT2D eigenvalue weighted by Gasteiger charge is 2.34. The van der Waals surface area contributed by atoms with Crippen LogP contribution < -0.4 is 4.74 Å². The topological polar surface area (TPSA) is 67.8 Å². The molecule has 1 aliphatic rings. The summed E-state index contributed by atoms with van der Waals surface area (Å²) in [4.78, 5) is 25.2. The average Bonchev–Trinajstić information content (AvgIpc) is 3.23. The maximum atomic E-state index is 12.0. The lowest BCUT2D eigenvalue weighted by atomic mass is 9.98. The number of rotatable bonds is 6. The summed E-state index contributed by atoms with van der Waals surface area (Å²) in [7, 11) is 1.63. The molecule has 0 N–H and O–H groups in total. The molecule has 2 aromatic heterocycles. The van der Waals surface area contributed by atoms with Gasteiger partial charge in [0.25, 0.3) is 0 Å². The van der Waals surface area contributed by atoms with Gasteiger partial charge in [-0.3, -0.25) is 9.88 Å². The molecule has 0 spiro atoms. The van der Waals surface area contributed by atoms with E-state index in [0.29, 0.717) is 18.8 Å². The summed E-state index contributed by atoms with van der Waals surface area (Å²) in [5.41, 5.74) is 1.72. The molecule has 1 amide bonds. The molecule has 0 unspecified atom stereocenters. The van der Waals surface area contributed by atoms with Gasteiger partial charge in [0, 0.05) is 43.3 Å². The van der Waals surface area contributed by atoms with Crippen LogP contribution in [-0.4, -0.2) is 65.8 Å². The fraction of sp³-hybridized carbons (Fsp3) is 0.450. The molecule has 1 fully saturated rings. The Morgan fingerprint density at radius 3 is 2.75 bits per heavy atom. The summed E-state index contributed by atoms with van der Waals surface area (Å²) in [6.07, 6.45) is 4.78. The Morgan fingerprint density at radius 1 is 1.32 bits per heavy atom. The zero-order chi connectivity index (χ0) is 20.1. The van der Waals surface area contributed by atoms with Gasteiger partial charge in [-0.2, -0.15) is 0 Å². The van der Waals surface area contributed by atoms with Crippen molar-refractivity contribution < 1.29 is 14.3 Å². The number of hydrogen-bond acceptors (Lipinski definition) is 7. The van der Waals surface area contributed by atoms with Crippen molar-refractivity contribution in [1.82, 2.24) is 19.8 Å². The predicted octanol–water partition coefficient (Wildman–Crippen LogP) is 3.39. The minimum Gasteiger partial charge on any atom is -0.495 e. The summed E-state index contributed by atoms with van der Waals surface area (Å²) >= 11 is 1.60. The summed E-state index contributed by atoms with van der Waals surface area (Å²) in [6, 6.07) is 1.94. The van der Waals surface area contributed by atoms with E-state index in [0.717, 1.165) is 29.4 Å². The van der Waals surface area contributed by atoms with Crippen LogP contribution in [0.4, 0.5) is 4.79 Å². The van der Waals surface area contributed by atoms with Crippen molar-refractivity contribution >= 4 is 17.4 Å². The molecule has 0 aromatic carbocycles. The number of hydrogen-bond donors (Lipinski definition) is 0. The van der Waals surface area contributed by atoms with Gasteiger partial charge >= 0.3 is 6.09 Å². The van der Waals surface area contributed by atoms with E-state index in [2.05, 4.69) is 35.7 Å². The van der Waals surface area contributed by atoms with Crippen molar-refractivity contribution in [2.24, 2.45) is 0 Å². The van der Waals surface area contributed by atoms with Crippen LogP contribution in [0.3, 0.4) is 0 Å². The minimum atomic E-state index is -0.279. The zero-order valence-electron chi connectivity index (χ0n) is 16.6. The fourth-order valence-corrected chi connectivity index (χ4v) is 4.13. The third kappa shape index (κ3) is 4.34. The summed E-state index contributed by atoms with van der Waals surface area (Å²) < 4.78 is 10.4. The molecule has 3 rings (SSSR count). The molecule has 0 saturated carbocycles. The van der Waals surface area contributed by atoms with Gasteiger partial charge in [0.2, 0.25) is 0 Å². The Bertz CT molecular complexity index is 828. The summed E-state index contributed by atoms with van der Waals surface area (Å²) in [5, 5.41) is 3.01. The molecule has 150 valence electrons. The van der Waals surface area contributed by atoms with Crippen LogP contribution in [0.5, 0.6) is 5.75 Å².